The Labute approximate surface area is 102 Å². The number of nitrogens with one attached hydrogen (secondary N) is 2. The molecule has 4 nitrogen and oxygen atoms in total. The Kier molecular flexibility index (Phi) is 3.87. The molecule has 0 aliphatic heterocycles. The van der Waals surface area contributed by atoms with Gasteiger partial charge in [-0.25, -0.2) is 0 Å². The van der Waals surface area contributed by atoms with Gasteiger partial charge in [-0.05, 0) is 17.5 Å². The smallest absolute Gasteiger partial charge is 0.268 e. The van der Waals surface area contributed by atoms with Crippen molar-refractivity contribution >= 4 is 45.7 Å². The van der Waals surface area contributed by atoms with Crippen molar-refractivity contribution in [1.82, 2.24) is 5.32 Å². The number of halogens is 1. The number of benzene rings is 1. The summed E-state index contributed by atoms with van der Waals surface area (Å²) in [5, 5.41) is 10.2. The third-order valence-electron chi connectivity index (χ3n) is 1.90. The lowest BCUT2D eigenvalue weighted by atomic mass is 10.2. The molecule has 1 heterocycles. The Morgan fingerprint density at radius 3 is 2.69 bits per heavy atom. The highest BCUT2D eigenvalue weighted by Gasteiger charge is 2.09. The summed E-state index contributed by atoms with van der Waals surface area (Å²) in [5.41, 5.74) is 5.08. The van der Waals surface area contributed by atoms with Crippen molar-refractivity contribution in [3.8, 4) is 0 Å². The maximum atomic E-state index is 11.5. The van der Waals surface area contributed by atoms with Gasteiger partial charge in [-0.2, -0.15) is 0 Å². The van der Waals surface area contributed by atoms with E-state index in [1.807, 2.05) is 24.3 Å². The predicted octanol–water partition coefficient (Wildman–Crippen LogP) is 1.95. The number of nitrogens with two attached hydrogens (primary N) is 1. The molecule has 2 rings (SSSR count). The molecule has 1 amide bonds. The van der Waals surface area contributed by atoms with Crippen LogP contribution in [0.4, 0.5) is 0 Å². The SMILES string of the molecule is Cl.N=C(N)NC(=O)c1cc2ccccc2s1. The van der Waals surface area contributed by atoms with Crippen molar-refractivity contribution in [3.63, 3.8) is 0 Å². The number of amides is 1. The van der Waals surface area contributed by atoms with E-state index >= 15 is 0 Å². The van der Waals surface area contributed by atoms with Crippen molar-refractivity contribution < 1.29 is 4.79 Å². The minimum Gasteiger partial charge on any atom is -0.370 e. The molecule has 0 radical (unpaired) electrons. The van der Waals surface area contributed by atoms with Crippen LogP contribution in [0.2, 0.25) is 0 Å². The van der Waals surface area contributed by atoms with Gasteiger partial charge in [-0.1, -0.05) is 18.2 Å². The maximum absolute atomic E-state index is 11.5. The van der Waals surface area contributed by atoms with Crippen LogP contribution in [0.15, 0.2) is 30.3 Å². The van der Waals surface area contributed by atoms with Crippen molar-refractivity contribution in [1.29, 1.82) is 5.41 Å². The molecule has 4 N–H and O–H groups in total. The molecule has 2 aromatic rings. The molecule has 16 heavy (non-hydrogen) atoms. The molecule has 0 atom stereocenters. The number of rotatable bonds is 1. The van der Waals surface area contributed by atoms with Crippen LogP contribution < -0.4 is 11.1 Å². The molecule has 84 valence electrons. The molecule has 0 unspecified atom stereocenters. The lowest BCUT2D eigenvalue weighted by Crippen LogP contribution is -2.35. The Morgan fingerprint density at radius 1 is 1.38 bits per heavy atom. The first kappa shape index (κ1) is 12.5. The van der Waals surface area contributed by atoms with Gasteiger partial charge in [-0.15, -0.1) is 23.7 Å². The van der Waals surface area contributed by atoms with Gasteiger partial charge in [-0.3, -0.25) is 15.5 Å². The number of hydrogen-bond donors (Lipinski definition) is 3. The summed E-state index contributed by atoms with van der Waals surface area (Å²) < 4.78 is 1.05. The fourth-order valence-electron chi connectivity index (χ4n) is 1.28. The largest absolute Gasteiger partial charge is 0.370 e. The topological polar surface area (TPSA) is 79.0 Å². The fourth-order valence-corrected chi connectivity index (χ4v) is 2.24. The average Bonchev–Trinajstić information content (AvgIpc) is 2.59. The highest BCUT2D eigenvalue weighted by Crippen LogP contribution is 2.24. The summed E-state index contributed by atoms with van der Waals surface area (Å²) in [6.45, 7) is 0. The zero-order chi connectivity index (χ0) is 10.8. The number of guanidine groups is 1. The molecule has 0 fully saturated rings. The van der Waals surface area contributed by atoms with Gasteiger partial charge < -0.3 is 5.73 Å². The molecule has 0 aliphatic rings. The summed E-state index contributed by atoms with van der Waals surface area (Å²) in [6.07, 6.45) is 0. The van der Waals surface area contributed by atoms with Crippen LogP contribution in [0.1, 0.15) is 9.67 Å². The van der Waals surface area contributed by atoms with Crippen molar-refractivity contribution in [2.45, 2.75) is 0 Å². The summed E-state index contributed by atoms with van der Waals surface area (Å²) in [5.74, 6) is -0.666. The van der Waals surface area contributed by atoms with Gasteiger partial charge in [0.25, 0.3) is 5.91 Å². The Balaban J connectivity index is 0.00000128. The van der Waals surface area contributed by atoms with Gasteiger partial charge in [0.05, 0.1) is 4.88 Å². The Hall–Kier alpha value is -1.59. The molecule has 0 saturated heterocycles. The van der Waals surface area contributed by atoms with Crippen molar-refractivity contribution in [3.05, 3.63) is 35.2 Å². The van der Waals surface area contributed by atoms with Crippen LogP contribution in [-0.4, -0.2) is 11.9 Å². The maximum Gasteiger partial charge on any atom is 0.268 e. The van der Waals surface area contributed by atoms with Gasteiger partial charge in [0.2, 0.25) is 0 Å². The van der Waals surface area contributed by atoms with E-state index in [4.69, 9.17) is 11.1 Å². The van der Waals surface area contributed by atoms with Gasteiger partial charge in [0.1, 0.15) is 0 Å². The molecule has 0 saturated carbocycles. The monoisotopic (exact) mass is 255 g/mol. The van der Waals surface area contributed by atoms with E-state index in [1.54, 1.807) is 6.07 Å². The van der Waals surface area contributed by atoms with Crippen LogP contribution in [0.3, 0.4) is 0 Å². The Morgan fingerprint density at radius 2 is 2.06 bits per heavy atom. The summed E-state index contributed by atoms with van der Waals surface area (Å²) in [6, 6.07) is 9.52. The van der Waals surface area contributed by atoms with Crippen molar-refractivity contribution in [2.24, 2.45) is 5.73 Å². The van der Waals surface area contributed by atoms with E-state index in [-0.39, 0.29) is 24.3 Å². The van der Waals surface area contributed by atoms with Crippen LogP contribution >= 0.6 is 23.7 Å². The normalized spacial score (nSPS) is 9.50. The number of fused-ring (bicyclic) bond motifs is 1. The number of hydrogen-bond acceptors (Lipinski definition) is 3. The summed E-state index contributed by atoms with van der Waals surface area (Å²) in [4.78, 5) is 12.1. The first-order valence-corrected chi connectivity index (χ1v) is 5.12. The lowest BCUT2D eigenvalue weighted by molar-refractivity contribution is 0.0980. The van der Waals surface area contributed by atoms with Crippen LogP contribution in [0, 0.1) is 5.41 Å². The van der Waals surface area contributed by atoms with Crippen LogP contribution in [0.25, 0.3) is 10.1 Å². The minimum atomic E-state index is -0.336. The summed E-state index contributed by atoms with van der Waals surface area (Å²) in [7, 11) is 0. The van der Waals surface area contributed by atoms with E-state index in [1.165, 1.54) is 11.3 Å². The van der Waals surface area contributed by atoms with E-state index < -0.39 is 0 Å². The molecule has 0 spiro atoms. The van der Waals surface area contributed by atoms with Gasteiger partial charge in [0, 0.05) is 4.70 Å². The molecule has 6 heteroatoms. The zero-order valence-electron chi connectivity index (χ0n) is 8.19. The number of carbonyl (C=O) groups excluding carboxylic acids is 1. The third kappa shape index (κ3) is 2.50. The van der Waals surface area contributed by atoms with Gasteiger partial charge >= 0.3 is 0 Å². The summed E-state index contributed by atoms with van der Waals surface area (Å²) >= 11 is 1.38. The number of thiophene rings is 1. The highest BCUT2D eigenvalue weighted by atomic mass is 35.5. The molecule has 1 aromatic carbocycles. The second-order valence-corrected chi connectivity index (χ2v) is 4.10. The molecule has 0 bridgehead atoms. The lowest BCUT2D eigenvalue weighted by Gasteiger charge is -1.97. The molecule has 1 aromatic heterocycles. The van der Waals surface area contributed by atoms with E-state index in [9.17, 15) is 4.79 Å². The number of carbonyl (C=O) groups is 1. The van der Waals surface area contributed by atoms with Crippen molar-refractivity contribution in [2.75, 3.05) is 0 Å². The third-order valence-corrected chi connectivity index (χ3v) is 3.01. The zero-order valence-corrected chi connectivity index (χ0v) is 9.82. The quantitative estimate of drug-likeness (QED) is 0.538. The standard InChI is InChI=1S/C10H9N3OS.ClH/c11-10(12)13-9(14)8-5-6-3-1-2-4-7(6)15-8;/h1-5H,(H4,11,12,13,14);1H. The average molecular weight is 256 g/mol. The molecule has 0 aliphatic carbocycles. The van der Waals surface area contributed by atoms with E-state index in [2.05, 4.69) is 5.32 Å². The highest BCUT2D eigenvalue weighted by molar-refractivity contribution is 7.20. The van der Waals surface area contributed by atoms with Gasteiger partial charge in [0.15, 0.2) is 5.96 Å². The molecular formula is C10H10ClN3OS. The Bertz CT molecular complexity index is 505. The second kappa shape index (κ2) is 4.96. The van der Waals surface area contributed by atoms with E-state index in [0.29, 0.717) is 4.88 Å². The van der Waals surface area contributed by atoms with E-state index in [0.717, 1.165) is 10.1 Å². The minimum absolute atomic E-state index is 0. The first-order valence-electron chi connectivity index (χ1n) is 4.31. The molecular weight excluding hydrogens is 246 g/mol. The fraction of sp³-hybridized carbons (Fsp3) is 0. The second-order valence-electron chi connectivity index (χ2n) is 3.02. The first-order chi connectivity index (χ1) is 7.16. The predicted molar refractivity (Wildman–Crippen MR) is 68.5 cm³/mol. The van der Waals surface area contributed by atoms with Crippen LogP contribution in [-0.2, 0) is 0 Å². The van der Waals surface area contributed by atoms with Crippen LogP contribution in [0.5, 0.6) is 0 Å².